The minimum atomic E-state index is -0.156. The van der Waals surface area contributed by atoms with Crippen molar-refractivity contribution in [3.63, 3.8) is 0 Å². The molecular weight excluding hydrogens is 200 g/mol. The Bertz CT molecular complexity index is 396. The van der Waals surface area contributed by atoms with Crippen molar-refractivity contribution in [1.29, 1.82) is 0 Å². The molecule has 0 aromatic heterocycles. The Kier molecular flexibility index (Phi) is 3.28. The van der Waals surface area contributed by atoms with E-state index in [0.29, 0.717) is 0 Å². The molecule has 86 valence electrons. The van der Waals surface area contributed by atoms with E-state index in [1.807, 2.05) is 19.1 Å². The van der Waals surface area contributed by atoms with E-state index >= 15 is 0 Å². The van der Waals surface area contributed by atoms with Gasteiger partial charge in [-0.25, -0.2) is 4.79 Å². The number of carbonyl (C=O) groups is 1. The Labute approximate surface area is 96.6 Å². The van der Waals surface area contributed by atoms with Crippen molar-refractivity contribution < 1.29 is 9.53 Å². The molecule has 1 aliphatic heterocycles. The zero-order valence-electron chi connectivity index (χ0n) is 9.95. The van der Waals surface area contributed by atoms with Crippen LogP contribution < -0.4 is 0 Å². The van der Waals surface area contributed by atoms with Crippen molar-refractivity contribution in [3.8, 4) is 0 Å². The second kappa shape index (κ2) is 4.69. The molecule has 0 aliphatic carbocycles. The van der Waals surface area contributed by atoms with Gasteiger partial charge in [0, 0.05) is 5.56 Å². The molecule has 0 saturated heterocycles. The molecule has 0 bridgehead atoms. The fourth-order valence-corrected chi connectivity index (χ4v) is 2.18. The Morgan fingerprint density at radius 3 is 2.88 bits per heavy atom. The van der Waals surface area contributed by atoms with Crippen molar-refractivity contribution >= 4 is 5.97 Å². The van der Waals surface area contributed by atoms with E-state index in [1.54, 1.807) is 0 Å². The molecule has 1 aliphatic rings. The van der Waals surface area contributed by atoms with Crippen molar-refractivity contribution in [2.24, 2.45) is 0 Å². The highest BCUT2D eigenvalue weighted by molar-refractivity contribution is 5.94. The molecule has 0 N–H and O–H groups in total. The van der Waals surface area contributed by atoms with Gasteiger partial charge in [-0.2, -0.15) is 0 Å². The first-order valence-corrected chi connectivity index (χ1v) is 6.04. The maximum Gasteiger partial charge on any atom is 0.339 e. The van der Waals surface area contributed by atoms with Gasteiger partial charge in [0.05, 0.1) is 5.56 Å². The first-order valence-electron chi connectivity index (χ1n) is 6.04. The second-order valence-electron chi connectivity index (χ2n) is 4.48. The SMILES string of the molecule is CCCCCC1OC(=O)c2ccc(C)cc21. The zero-order chi connectivity index (χ0) is 11.5. The summed E-state index contributed by atoms with van der Waals surface area (Å²) in [6, 6.07) is 5.93. The normalized spacial score (nSPS) is 18.4. The van der Waals surface area contributed by atoms with Gasteiger partial charge in [0.1, 0.15) is 6.10 Å². The van der Waals surface area contributed by atoms with E-state index in [2.05, 4.69) is 13.0 Å². The van der Waals surface area contributed by atoms with Gasteiger partial charge in [-0.1, -0.05) is 37.5 Å². The maximum absolute atomic E-state index is 11.6. The third-order valence-corrected chi connectivity index (χ3v) is 3.09. The van der Waals surface area contributed by atoms with Crippen LogP contribution in [0.2, 0.25) is 0 Å². The summed E-state index contributed by atoms with van der Waals surface area (Å²) in [6.07, 6.45) is 4.47. The van der Waals surface area contributed by atoms with Crippen LogP contribution >= 0.6 is 0 Å². The second-order valence-corrected chi connectivity index (χ2v) is 4.48. The number of ether oxygens (including phenoxy) is 1. The molecule has 1 heterocycles. The summed E-state index contributed by atoms with van der Waals surface area (Å²) >= 11 is 0. The monoisotopic (exact) mass is 218 g/mol. The average molecular weight is 218 g/mol. The molecule has 0 amide bonds. The first kappa shape index (κ1) is 11.2. The van der Waals surface area contributed by atoms with E-state index < -0.39 is 0 Å². The molecule has 1 unspecified atom stereocenters. The Balaban J connectivity index is 2.14. The van der Waals surface area contributed by atoms with Gasteiger partial charge in [0.25, 0.3) is 0 Å². The average Bonchev–Trinajstić information content (AvgIpc) is 2.56. The molecule has 0 spiro atoms. The van der Waals surface area contributed by atoms with Gasteiger partial charge in [-0.3, -0.25) is 0 Å². The lowest BCUT2D eigenvalue weighted by atomic mass is 9.99. The van der Waals surface area contributed by atoms with Crippen LogP contribution in [0, 0.1) is 6.92 Å². The summed E-state index contributed by atoms with van der Waals surface area (Å²) in [6.45, 7) is 4.23. The smallest absolute Gasteiger partial charge is 0.339 e. The van der Waals surface area contributed by atoms with Crippen LogP contribution in [-0.2, 0) is 4.74 Å². The summed E-state index contributed by atoms with van der Waals surface area (Å²) < 4.78 is 5.39. The van der Waals surface area contributed by atoms with Crippen LogP contribution in [0.4, 0.5) is 0 Å². The summed E-state index contributed by atoms with van der Waals surface area (Å²) in [5, 5.41) is 0. The number of unbranched alkanes of at least 4 members (excludes halogenated alkanes) is 2. The number of hydrogen-bond acceptors (Lipinski definition) is 2. The molecule has 1 aromatic carbocycles. The standard InChI is InChI=1S/C14H18O2/c1-3-4-5-6-13-12-9-10(2)7-8-11(12)14(15)16-13/h7-9,13H,3-6H2,1-2H3. The third kappa shape index (κ3) is 2.11. The van der Waals surface area contributed by atoms with Crippen molar-refractivity contribution in [3.05, 3.63) is 34.9 Å². The lowest BCUT2D eigenvalue weighted by Crippen LogP contribution is -1.98. The lowest BCUT2D eigenvalue weighted by Gasteiger charge is -2.10. The van der Waals surface area contributed by atoms with E-state index in [1.165, 1.54) is 18.4 Å². The molecular formula is C14H18O2. The van der Waals surface area contributed by atoms with Crippen molar-refractivity contribution in [1.82, 2.24) is 0 Å². The number of benzene rings is 1. The highest BCUT2D eigenvalue weighted by atomic mass is 16.5. The molecule has 2 nitrogen and oxygen atoms in total. The predicted octanol–water partition coefficient (Wildman–Crippen LogP) is 3.79. The van der Waals surface area contributed by atoms with Crippen LogP contribution in [0.1, 0.15) is 60.2 Å². The molecule has 0 saturated carbocycles. The van der Waals surface area contributed by atoms with Gasteiger partial charge < -0.3 is 4.74 Å². The van der Waals surface area contributed by atoms with E-state index in [0.717, 1.165) is 24.0 Å². The Hall–Kier alpha value is -1.31. The quantitative estimate of drug-likeness (QED) is 0.567. The van der Waals surface area contributed by atoms with Crippen LogP contribution in [0.25, 0.3) is 0 Å². The van der Waals surface area contributed by atoms with Gasteiger partial charge in [0.2, 0.25) is 0 Å². The molecule has 0 fully saturated rings. The largest absolute Gasteiger partial charge is 0.454 e. The van der Waals surface area contributed by atoms with Crippen LogP contribution in [0.15, 0.2) is 18.2 Å². The van der Waals surface area contributed by atoms with Crippen molar-refractivity contribution in [2.45, 2.75) is 45.6 Å². The zero-order valence-corrected chi connectivity index (χ0v) is 9.95. The fourth-order valence-electron chi connectivity index (χ4n) is 2.18. The van der Waals surface area contributed by atoms with Gasteiger partial charge in [-0.15, -0.1) is 0 Å². The Morgan fingerprint density at radius 1 is 1.31 bits per heavy atom. The molecule has 2 rings (SSSR count). The number of cyclic esters (lactones) is 1. The van der Waals surface area contributed by atoms with Crippen LogP contribution in [0.5, 0.6) is 0 Å². The summed E-state index contributed by atoms with van der Waals surface area (Å²) in [7, 11) is 0. The molecule has 2 heteroatoms. The van der Waals surface area contributed by atoms with Gasteiger partial charge in [-0.05, 0) is 25.8 Å². The van der Waals surface area contributed by atoms with E-state index in [9.17, 15) is 4.79 Å². The number of aryl methyl sites for hydroxylation is 1. The lowest BCUT2D eigenvalue weighted by molar-refractivity contribution is 0.0363. The summed E-state index contributed by atoms with van der Waals surface area (Å²) in [4.78, 5) is 11.6. The summed E-state index contributed by atoms with van der Waals surface area (Å²) in [5.41, 5.74) is 3.03. The third-order valence-electron chi connectivity index (χ3n) is 3.09. The highest BCUT2D eigenvalue weighted by Gasteiger charge is 2.30. The van der Waals surface area contributed by atoms with Gasteiger partial charge >= 0.3 is 5.97 Å². The highest BCUT2D eigenvalue weighted by Crippen LogP contribution is 2.34. The minimum Gasteiger partial charge on any atom is -0.454 e. The van der Waals surface area contributed by atoms with E-state index in [-0.39, 0.29) is 12.1 Å². The number of rotatable bonds is 4. The number of hydrogen-bond donors (Lipinski definition) is 0. The number of esters is 1. The minimum absolute atomic E-state index is 0.00560. The van der Waals surface area contributed by atoms with E-state index in [4.69, 9.17) is 4.74 Å². The first-order chi connectivity index (χ1) is 7.72. The summed E-state index contributed by atoms with van der Waals surface area (Å²) in [5.74, 6) is -0.156. The number of carbonyl (C=O) groups excluding carboxylic acids is 1. The fraction of sp³-hybridized carbons (Fsp3) is 0.500. The molecule has 16 heavy (non-hydrogen) atoms. The Morgan fingerprint density at radius 2 is 2.12 bits per heavy atom. The molecule has 1 aromatic rings. The van der Waals surface area contributed by atoms with Gasteiger partial charge in [0.15, 0.2) is 0 Å². The molecule has 0 radical (unpaired) electrons. The molecule has 1 atom stereocenters. The van der Waals surface area contributed by atoms with Crippen LogP contribution in [-0.4, -0.2) is 5.97 Å². The van der Waals surface area contributed by atoms with Crippen molar-refractivity contribution in [2.75, 3.05) is 0 Å². The predicted molar refractivity (Wildman–Crippen MR) is 63.5 cm³/mol. The van der Waals surface area contributed by atoms with Crippen LogP contribution in [0.3, 0.4) is 0 Å². The topological polar surface area (TPSA) is 26.3 Å². The number of fused-ring (bicyclic) bond motifs is 1. The maximum atomic E-state index is 11.6.